The van der Waals surface area contributed by atoms with Gasteiger partial charge in [-0.1, -0.05) is 6.07 Å². The standard InChI is InChI=1S/C6H3F2.C6H5NO2.C5H4N.Ir/c7-5-2-1-3-6(8)4-5;8-6(9)5-3-1-2-4-7-5;1-2-4-6-5-3-1;/h1-2,4H;1-4H,(H,8,9);1-4H;/q;;;+1/p-1. The summed E-state index contributed by atoms with van der Waals surface area (Å²) in [4.78, 5) is 17.7. The molecule has 0 aliphatic carbocycles. The normalized spacial score (nSPS) is 9.92. The molecule has 24 heavy (non-hydrogen) atoms. The van der Waals surface area contributed by atoms with Crippen LogP contribution in [-0.2, 0) is 17.7 Å². The average Bonchev–Trinajstić information content (AvgIpc) is 2.60. The topological polar surface area (TPSA) is 65.9 Å². The first-order chi connectivity index (χ1) is 11.6. The number of aromatic nitrogens is 2. The molecule has 0 saturated carbocycles. The van der Waals surface area contributed by atoms with E-state index < -0.39 is 35.3 Å². The van der Waals surface area contributed by atoms with E-state index >= 15 is 0 Å². The molecule has 0 unspecified atom stereocenters. The molecule has 0 radical (unpaired) electrons. The van der Waals surface area contributed by atoms with Crippen molar-refractivity contribution in [3.8, 4) is 0 Å². The van der Waals surface area contributed by atoms with Crippen molar-refractivity contribution in [2.75, 3.05) is 0 Å². The second kappa shape index (κ2) is 8.96. The first-order valence-electron chi connectivity index (χ1n) is 6.65. The largest absolute Gasteiger partial charge is 0.543 e. The molecular weight excluding hydrogens is 494 g/mol. The number of carbonyl (C=O) groups excluding carboxylic acids is 1. The fourth-order valence-corrected chi connectivity index (χ4v) is 3.77. The van der Waals surface area contributed by atoms with Crippen LogP contribution in [0.4, 0.5) is 8.78 Å². The van der Waals surface area contributed by atoms with Crippen molar-refractivity contribution >= 4 is 14.3 Å². The molecule has 1 aromatic carbocycles. The van der Waals surface area contributed by atoms with Crippen LogP contribution in [0.2, 0.25) is 0 Å². The van der Waals surface area contributed by atoms with Gasteiger partial charge < -0.3 is 9.90 Å². The van der Waals surface area contributed by atoms with Gasteiger partial charge in [-0.25, -0.2) is 0 Å². The Hall–Kier alpha value is -2.50. The van der Waals surface area contributed by atoms with Crippen LogP contribution < -0.4 is 13.4 Å². The zero-order valence-electron chi connectivity index (χ0n) is 12.2. The van der Waals surface area contributed by atoms with Gasteiger partial charge in [-0.05, 0) is 12.1 Å². The molecule has 0 atom stereocenters. The number of carboxylic acid groups (broad SMARTS) is 1. The fraction of sp³-hybridized carbons (Fsp3) is 0. The van der Waals surface area contributed by atoms with Gasteiger partial charge >= 0.3 is 94.0 Å². The first kappa shape index (κ1) is 17.8. The first-order valence-corrected chi connectivity index (χ1v) is 9.04. The van der Waals surface area contributed by atoms with Gasteiger partial charge in [0.2, 0.25) is 0 Å². The molecule has 124 valence electrons. The third kappa shape index (κ3) is 5.61. The van der Waals surface area contributed by atoms with Crippen LogP contribution >= 0.6 is 0 Å². The summed E-state index contributed by atoms with van der Waals surface area (Å²) in [6.07, 6.45) is 3.09. The number of benzene rings is 1. The van der Waals surface area contributed by atoms with Gasteiger partial charge in [-0.15, -0.1) is 0 Å². The molecule has 4 nitrogen and oxygen atoms in total. The summed E-state index contributed by atoms with van der Waals surface area (Å²) in [5.74, 6) is -2.25. The monoisotopic (exact) mass is 506 g/mol. The predicted molar refractivity (Wildman–Crippen MR) is 78.4 cm³/mol. The molecule has 3 rings (SSSR count). The number of rotatable bonds is 3. The second-order valence-corrected chi connectivity index (χ2v) is 7.37. The maximum Gasteiger partial charge on any atom is 0.0899 e. The van der Waals surface area contributed by atoms with Crippen LogP contribution in [0.25, 0.3) is 0 Å². The van der Waals surface area contributed by atoms with Crippen molar-refractivity contribution in [3.05, 3.63) is 84.3 Å². The molecule has 0 aliphatic heterocycles. The number of nitrogens with zero attached hydrogens (tertiary/aromatic N) is 2. The van der Waals surface area contributed by atoms with E-state index in [1.807, 2.05) is 18.2 Å². The number of carbonyl (C=O) groups is 1. The molecule has 0 amide bonds. The van der Waals surface area contributed by atoms with E-state index in [0.717, 1.165) is 10.3 Å². The Kier molecular flexibility index (Phi) is 6.66. The molecule has 7 heteroatoms. The molecule has 0 saturated heterocycles. The van der Waals surface area contributed by atoms with Crippen LogP contribution in [0.3, 0.4) is 0 Å². The Morgan fingerprint density at radius 1 is 0.958 bits per heavy atom. The van der Waals surface area contributed by atoms with Gasteiger partial charge in [0.05, 0.1) is 11.7 Å². The third-order valence-corrected chi connectivity index (χ3v) is 5.47. The minimum Gasteiger partial charge on any atom is -0.543 e. The summed E-state index contributed by atoms with van der Waals surface area (Å²) in [5.41, 5.74) is -0.0301. The van der Waals surface area contributed by atoms with E-state index in [2.05, 4.69) is 9.97 Å². The molecule has 2 heterocycles. The van der Waals surface area contributed by atoms with E-state index in [4.69, 9.17) is 0 Å². The van der Waals surface area contributed by atoms with Gasteiger partial charge in [-0.3, -0.25) is 4.98 Å². The number of halogens is 2. The molecule has 0 bridgehead atoms. The number of carboxylic acids is 1. The van der Waals surface area contributed by atoms with Crippen LogP contribution in [0, 0.1) is 11.6 Å². The van der Waals surface area contributed by atoms with E-state index in [9.17, 15) is 18.7 Å². The Morgan fingerprint density at radius 3 is 2.17 bits per heavy atom. The molecule has 0 fully saturated rings. The summed E-state index contributed by atoms with van der Waals surface area (Å²) >= 11 is -0.800. The molecule has 0 aliphatic rings. The van der Waals surface area contributed by atoms with Crippen LogP contribution in [-0.4, -0.2) is 15.9 Å². The van der Waals surface area contributed by atoms with Crippen LogP contribution in [0.5, 0.6) is 0 Å². The van der Waals surface area contributed by atoms with Crippen molar-refractivity contribution in [2.24, 2.45) is 0 Å². The van der Waals surface area contributed by atoms with E-state index in [1.165, 1.54) is 24.4 Å². The molecule has 0 N–H and O–H groups in total. The average molecular weight is 506 g/mol. The van der Waals surface area contributed by atoms with Gasteiger partial charge in [0.1, 0.15) is 0 Å². The summed E-state index contributed by atoms with van der Waals surface area (Å²) < 4.78 is 27.4. The van der Waals surface area contributed by atoms with Gasteiger partial charge in [-0.2, -0.15) is 0 Å². The van der Waals surface area contributed by atoms with Gasteiger partial charge in [0.15, 0.2) is 0 Å². The predicted octanol–water partition coefficient (Wildman–Crippen LogP) is 0.838. The van der Waals surface area contributed by atoms with E-state index in [1.54, 1.807) is 18.3 Å². The van der Waals surface area contributed by atoms with E-state index in [-0.39, 0.29) is 5.69 Å². The minimum absolute atomic E-state index is 0.0301. The Bertz CT molecular complexity index is 802. The zero-order chi connectivity index (χ0) is 17.4. The maximum atomic E-state index is 13.3. The summed E-state index contributed by atoms with van der Waals surface area (Å²) in [6.45, 7) is 0. The van der Waals surface area contributed by atoms with Crippen molar-refractivity contribution in [1.82, 2.24) is 9.97 Å². The van der Waals surface area contributed by atoms with Crippen LogP contribution in [0.15, 0.2) is 67.0 Å². The van der Waals surface area contributed by atoms with E-state index in [0.29, 0.717) is 4.08 Å². The van der Waals surface area contributed by atoms with Crippen molar-refractivity contribution in [3.63, 3.8) is 0 Å². The molecular formula is C17H11F2IrN2O2. The molecule has 2 aromatic heterocycles. The molecule has 3 aromatic rings. The SMILES string of the molecule is Fc1cc[c]([Ir+][c]2ccccn2)c(F)c1.O=C([O-])c1ccccn1. The number of hydrogen-bond acceptors (Lipinski definition) is 4. The number of aromatic carboxylic acids is 1. The zero-order valence-corrected chi connectivity index (χ0v) is 14.5. The summed E-state index contributed by atoms with van der Waals surface area (Å²) in [5, 5.41) is 10.0. The second-order valence-electron chi connectivity index (χ2n) is 4.25. The third-order valence-electron chi connectivity index (χ3n) is 2.53. The quantitative estimate of drug-likeness (QED) is 0.530. The number of hydrogen-bond donors (Lipinski definition) is 0. The van der Waals surface area contributed by atoms with Gasteiger partial charge in [0.25, 0.3) is 0 Å². The van der Waals surface area contributed by atoms with Gasteiger partial charge in [0, 0.05) is 6.20 Å². The minimum atomic E-state index is -1.24. The summed E-state index contributed by atoms with van der Waals surface area (Å²) in [7, 11) is 0. The Balaban J connectivity index is 0.000000198. The Labute approximate surface area is 145 Å². The fourth-order valence-electron chi connectivity index (χ4n) is 1.49. The summed E-state index contributed by atoms with van der Waals surface area (Å²) in [6, 6.07) is 13.9. The Morgan fingerprint density at radius 2 is 1.67 bits per heavy atom. The van der Waals surface area contributed by atoms with Crippen molar-refractivity contribution in [1.29, 1.82) is 0 Å². The smallest absolute Gasteiger partial charge is 0.0899 e. The maximum absolute atomic E-state index is 13.3. The molecule has 0 spiro atoms. The van der Waals surface area contributed by atoms with Crippen molar-refractivity contribution in [2.45, 2.75) is 0 Å². The number of pyridine rings is 2. The van der Waals surface area contributed by atoms with Crippen molar-refractivity contribution < 1.29 is 36.4 Å². The van der Waals surface area contributed by atoms with Crippen LogP contribution in [0.1, 0.15) is 10.5 Å².